The minimum Gasteiger partial charge on any atom is -0.424 e. The smallest absolute Gasteiger partial charge is 0.321 e. The zero-order valence-corrected chi connectivity index (χ0v) is 15.2. The van der Waals surface area contributed by atoms with E-state index in [9.17, 15) is 4.39 Å². The molecule has 6 heteroatoms. The predicted molar refractivity (Wildman–Crippen MR) is 97.7 cm³/mol. The summed E-state index contributed by atoms with van der Waals surface area (Å²) in [6.45, 7) is 11.1. The van der Waals surface area contributed by atoms with Gasteiger partial charge in [-0.3, -0.25) is 4.90 Å². The number of nitrogens with zero attached hydrogens (tertiary/aromatic N) is 3. The average Bonchev–Trinajstić information content (AvgIpc) is 2.65. The number of aryl methyl sites for hydroxylation is 1. The zero-order chi connectivity index (χ0) is 18.5. The lowest BCUT2D eigenvalue weighted by molar-refractivity contribution is -0.0133. The Labute approximate surface area is 153 Å². The van der Waals surface area contributed by atoms with E-state index in [0.717, 1.165) is 37.2 Å². The fourth-order valence-corrected chi connectivity index (χ4v) is 2.88. The Bertz CT molecular complexity index is 764. The molecule has 0 radical (unpaired) electrons. The number of rotatable bonds is 6. The van der Waals surface area contributed by atoms with Gasteiger partial charge in [0.25, 0.3) is 0 Å². The van der Waals surface area contributed by atoms with Gasteiger partial charge in [-0.05, 0) is 42.7 Å². The minimum absolute atomic E-state index is 0.0960. The summed E-state index contributed by atoms with van der Waals surface area (Å²) < 4.78 is 24.6. The molecule has 26 heavy (non-hydrogen) atoms. The average molecular weight is 357 g/mol. The van der Waals surface area contributed by atoms with E-state index in [2.05, 4.69) is 28.4 Å². The van der Waals surface area contributed by atoms with Crippen LogP contribution in [0.4, 0.5) is 4.39 Å². The van der Waals surface area contributed by atoms with E-state index in [4.69, 9.17) is 9.47 Å². The molecule has 1 aliphatic rings. The molecule has 5 nitrogen and oxygen atoms in total. The van der Waals surface area contributed by atoms with Crippen molar-refractivity contribution in [1.29, 1.82) is 0 Å². The highest BCUT2D eigenvalue weighted by Crippen LogP contribution is 2.23. The van der Waals surface area contributed by atoms with Gasteiger partial charge >= 0.3 is 6.01 Å². The van der Waals surface area contributed by atoms with Crippen molar-refractivity contribution in [3.8, 4) is 11.8 Å². The van der Waals surface area contributed by atoms with E-state index in [0.29, 0.717) is 17.9 Å². The first kappa shape index (κ1) is 18.5. The first-order valence-electron chi connectivity index (χ1n) is 8.81. The third kappa shape index (κ3) is 4.65. The molecule has 0 aliphatic carbocycles. The first-order chi connectivity index (χ1) is 12.5. The minimum atomic E-state index is -0.291. The van der Waals surface area contributed by atoms with Crippen molar-refractivity contribution in [3.63, 3.8) is 0 Å². The van der Waals surface area contributed by atoms with E-state index in [1.165, 1.54) is 12.1 Å². The van der Waals surface area contributed by atoms with Crippen molar-refractivity contribution < 1.29 is 13.9 Å². The lowest BCUT2D eigenvalue weighted by Gasteiger charge is -2.33. The van der Waals surface area contributed by atoms with Crippen LogP contribution in [0.2, 0.25) is 0 Å². The lowest BCUT2D eigenvalue weighted by atomic mass is 10.1. The van der Waals surface area contributed by atoms with Crippen molar-refractivity contribution in [2.75, 3.05) is 19.7 Å². The fourth-order valence-electron chi connectivity index (χ4n) is 2.88. The first-order valence-corrected chi connectivity index (χ1v) is 8.81. The molecule has 0 unspecified atom stereocenters. The zero-order valence-electron chi connectivity index (χ0n) is 15.2. The number of morpholine rings is 1. The maximum absolute atomic E-state index is 13.2. The van der Waals surface area contributed by atoms with E-state index >= 15 is 0 Å². The van der Waals surface area contributed by atoms with Crippen LogP contribution >= 0.6 is 0 Å². The summed E-state index contributed by atoms with van der Waals surface area (Å²) in [7, 11) is 0. The van der Waals surface area contributed by atoms with Crippen LogP contribution in [0.15, 0.2) is 42.7 Å². The summed E-state index contributed by atoms with van der Waals surface area (Å²) in [5.74, 6) is 0.258. The molecule has 0 spiro atoms. The molecule has 1 fully saturated rings. The van der Waals surface area contributed by atoms with Crippen LogP contribution in [0.25, 0.3) is 0 Å². The highest BCUT2D eigenvalue weighted by atomic mass is 19.1. The number of benzene rings is 1. The fraction of sp³-hybridized carbons (Fsp3) is 0.400. The molecule has 2 heterocycles. The second-order valence-electron chi connectivity index (χ2n) is 6.49. The Morgan fingerprint density at radius 3 is 2.85 bits per heavy atom. The van der Waals surface area contributed by atoms with E-state index in [-0.39, 0.29) is 17.9 Å². The van der Waals surface area contributed by atoms with Gasteiger partial charge in [0.2, 0.25) is 0 Å². The van der Waals surface area contributed by atoms with Gasteiger partial charge in [-0.2, -0.15) is 0 Å². The number of halogens is 1. The van der Waals surface area contributed by atoms with Gasteiger partial charge in [-0.25, -0.2) is 14.4 Å². The second-order valence-corrected chi connectivity index (χ2v) is 6.49. The quantitative estimate of drug-likeness (QED) is 0.734. The van der Waals surface area contributed by atoms with Gasteiger partial charge in [0.1, 0.15) is 11.6 Å². The summed E-state index contributed by atoms with van der Waals surface area (Å²) in [5.41, 5.74) is 2.84. The van der Waals surface area contributed by atoms with Crippen LogP contribution < -0.4 is 4.74 Å². The largest absolute Gasteiger partial charge is 0.424 e. The Morgan fingerprint density at radius 1 is 1.38 bits per heavy atom. The van der Waals surface area contributed by atoms with Gasteiger partial charge in [0, 0.05) is 37.6 Å². The molecule has 1 aliphatic heterocycles. The molecule has 0 amide bonds. The summed E-state index contributed by atoms with van der Waals surface area (Å²) >= 11 is 0. The van der Waals surface area contributed by atoms with Crippen molar-refractivity contribution in [3.05, 3.63) is 59.7 Å². The van der Waals surface area contributed by atoms with Crippen LogP contribution in [0, 0.1) is 12.7 Å². The Morgan fingerprint density at radius 2 is 2.15 bits per heavy atom. The monoisotopic (exact) mass is 357 g/mol. The summed E-state index contributed by atoms with van der Waals surface area (Å²) in [5, 5.41) is 0. The molecule has 1 aromatic heterocycles. The number of aromatic nitrogens is 2. The highest BCUT2D eigenvalue weighted by Gasteiger charge is 2.22. The Hall–Kier alpha value is -2.31. The van der Waals surface area contributed by atoms with Crippen molar-refractivity contribution in [2.45, 2.75) is 32.9 Å². The third-order valence-corrected chi connectivity index (χ3v) is 4.49. The van der Waals surface area contributed by atoms with E-state index in [1.807, 2.05) is 0 Å². The SMILES string of the molecule is C=C(CC)[C@@H]1CN(Cc2cnc(Oc3ccc(F)cc3C)nc2)CCO1. The van der Waals surface area contributed by atoms with Crippen LogP contribution in [-0.4, -0.2) is 40.7 Å². The number of hydrogen-bond donors (Lipinski definition) is 0. The highest BCUT2D eigenvalue weighted by molar-refractivity contribution is 5.34. The van der Waals surface area contributed by atoms with E-state index in [1.54, 1.807) is 25.4 Å². The molecule has 0 bridgehead atoms. The predicted octanol–water partition coefficient (Wildman–Crippen LogP) is 3.88. The molecule has 1 aromatic carbocycles. The molecule has 3 rings (SSSR count). The van der Waals surface area contributed by atoms with Gasteiger partial charge < -0.3 is 9.47 Å². The third-order valence-electron chi connectivity index (χ3n) is 4.49. The van der Waals surface area contributed by atoms with Crippen molar-refractivity contribution in [2.24, 2.45) is 0 Å². The Balaban J connectivity index is 1.60. The second kappa shape index (κ2) is 8.38. The molecule has 1 atom stereocenters. The molecular weight excluding hydrogens is 333 g/mol. The molecule has 2 aromatic rings. The molecule has 138 valence electrons. The lowest BCUT2D eigenvalue weighted by Crippen LogP contribution is -2.42. The van der Waals surface area contributed by atoms with Gasteiger partial charge in [-0.15, -0.1) is 0 Å². The molecular formula is C20H24FN3O2. The summed E-state index contributed by atoms with van der Waals surface area (Å²) in [6.07, 6.45) is 4.55. The maximum Gasteiger partial charge on any atom is 0.321 e. The van der Waals surface area contributed by atoms with E-state index < -0.39 is 0 Å². The number of ether oxygens (including phenoxy) is 2. The van der Waals surface area contributed by atoms with Crippen LogP contribution in [0.1, 0.15) is 24.5 Å². The van der Waals surface area contributed by atoms with Crippen LogP contribution in [0.3, 0.4) is 0 Å². The van der Waals surface area contributed by atoms with Gasteiger partial charge in [0.05, 0.1) is 12.7 Å². The number of hydrogen-bond acceptors (Lipinski definition) is 5. The maximum atomic E-state index is 13.2. The summed E-state index contributed by atoms with van der Waals surface area (Å²) in [6, 6.07) is 4.61. The van der Waals surface area contributed by atoms with Crippen molar-refractivity contribution >= 4 is 0 Å². The molecule has 0 N–H and O–H groups in total. The van der Waals surface area contributed by atoms with Crippen molar-refractivity contribution in [1.82, 2.24) is 14.9 Å². The molecule has 0 saturated carbocycles. The van der Waals surface area contributed by atoms with Gasteiger partial charge in [-0.1, -0.05) is 13.5 Å². The Kier molecular flexibility index (Phi) is 5.96. The normalized spacial score (nSPS) is 17.9. The molecule has 1 saturated heterocycles. The summed E-state index contributed by atoms with van der Waals surface area (Å²) in [4.78, 5) is 10.9. The van der Waals surface area contributed by atoms with Crippen LogP contribution in [-0.2, 0) is 11.3 Å². The van der Waals surface area contributed by atoms with Crippen LogP contribution in [0.5, 0.6) is 11.8 Å². The standard InChI is InChI=1S/C20H24FN3O2/c1-4-14(2)19-13-24(7-8-25-19)12-16-10-22-20(23-11-16)26-18-6-5-17(21)9-15(18)3/h5-6,9-11,19H,2,4,7-8,12-13H2,1,3H3/t19-/m0/s1. The topological polar surface area (TPSA) is 47.5 Å². The van der Waals surface area contributed by atoms with Gasteiger partial charge in [0.15, 0.2) is 0 Å².